The summed E-state index contributed by atoms with van der Waals surface area (Å²) in [6.45, 7) is 2.99. The fourth-order valence-corrected chi connectivity index (χ4v) is 8.99. The van der Waals surface area contributed by atoms with E-state index in [9.17, 15) is 0 Å². The van der Waals surface area contributed by atoms with Crippen LogP contribution in [0.3, 0.4) is 0 Å². The minimum atomic E-state index is -0.535. The van der Waals surface area contributed by atoms with Crippen LogP contribution in [-0.2, 0) is 13.1 Å². The van der Waals surface area contributed by atoms with Crippen molar-refractivity contribution < 1.29 is 8.78 Å². The van der Waals surface area contributed by atoms with Gasteiger partial charge >= 0.3 is 0 Å². The Morgan fingerprint density at radius 1 is 0.593 bits per heavy atom. The van der Waals surface area contributed by atoms with Crippen LogP contribution >= 0.6 is 49.6 Å². The first-order valence-corrected chi connectivity index (χ1v) is 18.1. The van der Waals surface area contributed by atoms with Gasteiger partial charge in [0.25, 0.3) is 0 Å². The lowest BCUT2D eigenvalue weighted by atomic mass is 10.0. The zero-order chi connectivity index (χ0) is 33.3. The van der Waals surface area contributed by atoms with Crippen molar-refractivity contribution >= 4 is 83.1 Å². The Labute approximate surface area is 337 Å². The predicted molar refractivity (Wildman–Crippen MR) is 221 cm³/mol. The van der Waals surface area contributed by atoms with Crippen LogP contribution in [0.2, 0.25) is 0 Å². The molecule has 4 atom stereocenters. The third kappa shape index (κ3) is 7.01. The van der Waals surface area contributed by atoms with Crippen LogP contribution in [0.1, 0.15) is 96.6 Å². The molecule has 0 bridgehead atoms. The smallest absolute Gasteiger partial charge is 0.151 e. The van der Waals surface area contributed by atoms with Crippen molar-refractivity contribution in [3.63, 3.8) is 0 Å². The second kappa shape index (κ2) is 16.2. The molecule has 4 N–H and O–H groups in total. The average molecular weight is 817 g/mol. The minimum Gasteiger partial charge on any atom is -0.358 e. The number of anilines is 2. The third-order valence-corrected chi connectivity index (χ3v) is 11.4. The van der Waals surface area contributed by atoms with E-state index in [1.54, 1.807) is 12.1 Å². The normalized spacial score (nSPS) is 21.8. The number of imidazole rings is 2. The molecule has 0 amide bonds. The van der Waals surface area contributed by atoms with E-state index < -0.39 is 11.6 Å². The molecule has 54 heavy (non-hydrogen) atoms. The van der Waals surface area contributed by atoms with Gasteiger partial charge in [-0.15, -0.1) is 49.6 Å². The third-order valence-electron chi connectivity index (χ3n) is 11.4. The van der Waals surface area contributed by atoms with Gasteiger partial charge in [-0.05, 0) is 110 Å². The summed E-state index contributed by atoms with van der Waals surface area (Å²) in [5, 5.41) is 7.08. The fraction of sp³-hybridized carbons (Fsp3) is 0.350. The lowest BCUT2D eigenvalue weighted by molar-refractivity contribution is 0.568. The molecule has 0 radical (unpaired) electrons. The molecule has 10 rings (SSSR count). The van der Waals surface area contributed by atoms with Crippen molar-refractivity contribution in [1.82, 2.24) is 30.6 Å². The number of rotatable bonds is 6. The molecular weight excluding hydrogens is 772 g/mol. The van der Waals surface area contributed by atoms with E-state index in [4.69, 9.17) is 9.97 Å². The molecule has 286 valence electrons. The first-order valence-electron chi connectivity index (χ1n) is 18.1. The van der Waals surface area contributed by atoms with Crippen molar-refractivity contribution in [2.75, 3.05) is 22.9 Å². The summed E-state index contributed by atoms with van der Waals surface area (Å²) in [7, 11) is 0. The largest absolute Gasteiger partial charge is 0.358 e. The summed E-state index contributed by atoms with van der Waals surface area (Å²) in [5.74, 6) is 0.875. The van der Waals surface area contributed by atoms with Crippen molar-refractivity contribution in [2.45, 2.75) is 75.8 Å². The van der Waals surface area contributed by atoms with Gasteiger partial charge in [0.05, 0.1) is 46.2 Å². The van der Waals surface area contributed by atoms with Crippen LogP contribution in [0.25, 0.3) is 22.1 Å². The second-order valence-corrected chi connectivity index (χ2v) is 14.5. The van der Waals surface area contributed by atoms with Gasteiger partial charge in [-0.3, -0.25) is 0 Å². The van der Waals surface area contributed by atoms with Crippen molar-refractivity contribution in [3.8, 4) is 0 Å². The maximum Gasteiger partial charge on any atom is 0.151 e. The van der Waals surface area contributed by atoms with Crippen molar-refractivity contribution in [1.29, 1.82) is 0 Å². The Morgan fingerprint density at radius 3 is 1.52 bits per heavy atom. The number of hydrogen-bond acceptors (Lipinski definition) is 6. The Kier molecular flexibility index (Phi) is 12.0. The molecule has 3 fully saturated rings. The summed E-state index contributed by atoms with van der Waals surface area (Å²) in [6.07, 6.45) is 6.11. The van der Waals surface area contributed by atoms with Gasteiger partial charge < -0.3 is 30.4 Å². The molecule has 4 aromatic carbocycles. The lowest BCUT2D eigenvalue weighted by Gasteiger charge is -2.34. The fourth-order valence-electron chi connectivity index (χ4n) is 8.99. The summed E-state index contributed by atoms with van der Waals surface area (Å²) < 4.78 is 32.5. The first kappa shape index (κ1) is 40.0. The van der Waals surface area contributed by atoms with E-state index in [0.717, 1.165) is 108 Å². The highest BCUT2D eigenvalue weighted by atomic mass is 35.5. The molecule has 6 aromatic rings. The zero-order valence-corrected chi connectivity index (χ0v) is 32.8. The van der Waals surface area contributed by atoms with Gasteiger partial charge in [-0.1, -0.05) is 36.4 Å². The van der Waals surface area contributed by atoms with Gasteiger partial charge in [-0.25, -0.2) is 18.7 Å². The van der Waals surface area contributed by atoms with Gasteiger partial charge in [0, 0.05) is 18.8 Å². The second-order valence-electron chi connectivity index (χ2n) is 14.5. The highest BCUT2D eigenvalue weighted by molar-refractivity contribution is 5.86. The monoisotopic (exact) mass is 814 g/mol. The quantitative estimate of drug-likeness (QED) is 0.134. The van der Waals surface area contributed by atoms with E-state index in [1.165, 1.54) is 0 Å². The number of nitrogens with zero attached hydrogens (tertiary/aromatic N) is 4. The highest BCUT2D eigenvalue weighted by Gasteiger charge is 2.38. The van der Waals surface area contributed by atoms with Crippen LogP contribution in [0.15, 0.2) is 72.8 Å². The minimum absolute atomic E-state index is 0. The Balaban J connectivity index is 0.00000124. The van der Waals surface area contributed by atoms with Gasteiger partial charge in [0.1, 0.15) is 17.3 Å². The Bertz CT molecular complexity index is 2100. The zero-order valence-electron chi connectivity index (χ0n) is 29.5. The summed E-state index contributed by atoms with van der Waals surface area (Å²) in [5.41, 5.74) is 8.86. The molecular formula is C40H44Cl4F2N8. The van der Waals surface area contributed by atoms with Gasteiger partial charge in [0.2, 0.25) is 0 Å². The van der Waals surface area contributed by atoms with E-state index in [2.05, 4.69) is 61.9 Å². The number of nitrogens with one attached hydrogen (secondary N) is 4. The predicted octanol–water partition coefficient (Wildman–Crippen LogP) is 9.86. The number of aromatic amines is 2. The molecule has 0 saturated carbocycles. The number of aromatic nitrogens is 4. The van der Waals surface area contributed by atoms with Crippen molar-refractivity contribution in [2.24, 2.45) is 0 Å². The van der Waals surface area contributed by atoms with Crippen LogP contribution < -0.4 is 20.4 Å². The Hall–Kier alpha value is -3.64. The highest BCUT2D eigenvalue weighted by Crippen LogP contribution is 2.49. The van der Waals surface area contributed by atoms with Gasteiger partial charge in [-0.2, -0.15) is 0 Å². The number of hydrogen-bond donors (Lipinski definition) is 4. The van der Waals surface area contributed by atoms with Crippen LogP contribution in [-0.4, -0.2) is 33.0 Å². The average Bonchev–Trinajstić information content (AvgIpc) is 3.96. The van der Waals surface area contributed by atoms with Gasteiger partial charge in [0.15, 0.2) is 11.6 Å². The van der Waals surface area contributed by atoms with E-state index >= 15 is 8.78 Å². The van der Waals surface area contributed by atoms with Crippen LogP contribution in [0, 0.1) is 11.6 Å². The summed E-state index contributed by atoms with van der Waals surface area (Å²) in [4.78, 5) is 21.0. The number of fused-ring (bicyclic) bond motifs is 3. The van der Waals surface area contributed by atoms with Crippen molar-refractivity contribution in [3.05, 3.63) is 118 Å². The van der Waals surface area contributed by atoms with Crippen LogP contribution in [0.4, 0.5) is 20.2 Å². The molecule has 4 aliphatic rings. The Morgan fingerprint density at radius 2 is 1.07 bits per heavy atom. The van der Waals surface area contributed by atoms with E-state index in [1.807, 2.05) is 29.2 Å². The standard InChI is InChI=1S/C40H40F2N8.4ClH/c41-28-19-27(20-29(42)38(28)49-21-25-5-1-2-6-26(25)22-49)50-36(23-9-11-30-34(17-23)47-39(45-30)32-7-3-15-43-32)13-14-37(50)24-10-12-31-35(18-24)48-40(46-31)33-8-4-16-44-33;;;;/h1-2,5-6,9-12,17-20,32-33,36-37,43-44H,3-4,7-8,13-16,21-22H2,(H,45,47)(H,46,48);4*1H/t32-,33-,36+,37+;;;;/m0..../s1. The molecule has 0 spiro atoms. The first-order chi connectivity index (χ1) is 24.6. The lowest BCUT2D eigenvalue weighted by Crippen LogP contribution is -2.27. The molecule has 14 heteroatoms. The van der Waals surface area contributed by atoms with E-state index in [0.29, 0.717) is 18.8 Å². The molecule has 8 nitrogen and oxygen atoms in total. The molecule has 6 heterocycles. The molecule has 2 aromatic heterocycles. The number of halogens is 6. The molecule has 4 aliphatic heterocycles. The number of H-pyrrole nitrogens is 2. The SMILES string of the molecule is Cl.Cl.Cl.Cl.Fc1cc(N2[C@@H](c3ccc4nc([C@@H]5CCCN5)[nH]c4c3)CC[C@@H]2c2ccc3nc([C@@H]4CCCN4)[nH]c3c2)cc(F)c1N1Cc2ccccc2C1. The topological polar surface area (TPSA) is 87.9 Å². The summed E-state index contributed by atoms with van der Waals surface area (Å²) in [6, 6.07) is 24.2. The van der Waals surface area contributed by atoms with E-state index in [-0.39, 0.29) is 79.5 Å². The maximum atomic E-state index is 16.3. The maximum absolute atomic E-state index is 16.3. The molecule has 0 unspecified atom stereocenters. The van der Waals surface area contributed by atoms with Crippen LogP contribution in [0.5, 0.6) is 0 Å². The molecule has 3 saturated heterocycles. The number of benzene rings is 4. The summed E-state index contributed by atoms with van der Waals surface area (Å²) >= 11 is 0. The molecule has 0 aliphatic carbocycles.